The molecule has 2 aliphatic heterocycles. The molecule has 29 heavy (non-hydrogen) atoms. The van der Waals surface area contributed by atoms with Gasteiger partial charge in [-0.3, -0.25) is 0 Å². The van der Waals surface area contributed by atoms with E-state index in [2.05, 4.69) is 40.5 Å². The van der Waals surface area contributed by atoms with E-state index in [0.717, 1.165) is 36.6 Å². The average molecular weight is 436 g/mol. The summed E-state index contributed by atoms with van der Waals surface area (Å²) in [6.45, 7) is 7.15. The highest BCUT2D eigenvalue weighted by Crippen LogP contribution is 2.26. The van der Waals surface area contributed by atoms with E-state index in [-0.39, 0.29) is 6.04 Å². The van der Waals surface area contributed by atoms with Gasteiger partial charge >= 0.3 is 0 Å². The molecule has 1 aromatic heterocycles. The number of anilines is 1. The van der Waals surface area contributed by atoms with Gasteiger partial charge in [0, 0.05) is 56.7 Å². The van der Waals surface area contributed by atoms with E-state index in [9.17, 15) is 8.42 Å². The molecule has 0 saturated carbocycles. The van der Waals surface area contributed by atoms with Crippen molar-refractivity contribution >= 4 is 26.9 Å². The fraction of sp³-hybridized carbons (Fsp3) is 0.600. The van der Waals surface area contributed by atoms with Crippen LogP contribution < -0.4 is 4.90 Å². The number of nitrogens with zero attached hydrogens (tertiary/aromatic N) is 5. The zero-order valence-electron chi connectivity index (χ0n) is 17.1. The summed E-state index contributed by atoms with van der Waals surface area (Å²) in [5.41, 5.74) is 2.44. The Balaban J connectivity index is 1.39. The lowest BCUT2D eigenvalue weighted by Gasteiger charge is -2.41. The van der Waals surface area contributed by atoms with E-state index in [1.165, 1.54) is 22.7 Å². The lowest BCUT2D eigenvalue weighted by Crippen LogP contribution is -2.58. The van der Waals surface area contributed by atoms with Crippen LogP contribution in [0.25, 0.3) is 0 Å². The molecular weight excluding hydrogens is 406 g/mol. The first-order valence-corrected chi connectivity index (χ1v) is 12.5. The molecule has 2 fully saturated rings. The van der Waals surface area contributed by atoms with Crippen molar-refractivity contribution in [1.29, 1.82) is 0 Å². The lowest BCUT2D eigenvalue weighted by atomic mass is 10.1. The Bertz CT molecular complexity index is 923. The smallest absolute Gasteiger partial charge is 0.282 e. The first kappa shape index (κ1) is 20.7. The van der Waals surface area contributed by atoms with E-state index < -0.39 is 10.2 Å². The van der Waals surface area contributed by atoms with Crippen molar-refractivity contribution in [2.75, 3.05) is 37.6 Å². The standard InChI is InChI=1S/C20H29N5O2S2/c1-16-6-8-18(9-7-16)14-19-21-20(28-22-19)23-12-13-25(17(2)15-23)29(26,27)24-10-4-3-5-11-24/h6-9,17H,3-5,10-15H2,1-2H3. The summed E-state index contributed by atoms with van der Waals surface area (Å²) < 4.78 is 33.9. The fourth-order valence-corrected chi connectivity index (χ4v) is 6.60. The maximum Gasteiger partial charge on any atom is 0.282 e. The summed E-state index contributed by atoms with van der Waals surface area (Å²) in [7, 11) is -3.37. The first-order valence-electron chi connectivity index (χ1n) is 10.3. The molecule has 0 radical (unpaired) electrons. The Kier molecular flexibility index (Phi) is 6.19. The number of aromatic nitrogens is 2. The van der Waals surface area contributed by atoms with Crippen LogP contribution in [0.1, 0.15) is 43.1 Å². The zero-order chi connectivity index (χ0) is 20.4. The van der Waals surface area contributed by atoms with E-state index in [0.29, 0.717) is 32.7 Å². The minimum absolute atomic E-state index is 0.0832. The van der Waals surface area contributed by atoms with Crippen LogP contribution in [0, 0.1) is 6.92 Å². The Morgan fingerprint density at radius 1 is 1.07 bits per heavy atom. The van der Waals surface area contributed by atoms with E-state index in [4.69, 9.17) is 4.98 Å². The van der Waals surface area contributed by atoms with E-state index >= 15 is 0 Å². The Morgan fingerprint density at radius 3 is 2.48 bits per heavy atom. The van der Waals surface area contributed by atoms with Gasteiger partial charge in [-0.15, -0.1) is 0 Å². The Hall–Kier alpha value is -1.55. The number of hydrogen-bond acceptors (Lipinski definition) is 6. The number of piperazine rings is 1. The van der Waals surface area contributed by atoms with Gasteiger partial charge in [-0.2, -0.15) is 21.4 Å². The highest BCUT2D eigenvalue weighted by atomic mass is 32.2. The molecule has 0 amide bonds. The van der Waals surface area contributed by atoms with Crippen molar-refractivity contribution in [2.24, 2.45) is 0 Å². The molecule has 2 aliphatic rings. The number of rotatable bonds is 5. The molecule has 7 nitrogen and oxygen atoms in total. The number of piperidine rings is 1. The van der Waals surface area contributed by atoms with Gasteiger partial charge in [0.25, 0.3) is 10.2 Å². The van der Waals surface area contributed by atoms with Gasteiger partial charge in [0.1, 0.15) is 5.82 Å². The first-order chi connectivity index (χ1) is 13.9. The molecular formula is C20H29N5O2S2. The van der Waals surface area contributed by atoms with Crippen molar-refractivity contribution in [3.63, 3.8) is 0 Å². The highest BCUT2D eigenvalue weighted by Gasteiger charge is 2.37. The summed E-state index contributed by atoms with van der Waals surface area (Å²) in [4.78, 5) is 6.89. The van der Waals surface area contributed by atoms with Crippen LogP contribution in [0.2, 0.25) is 0 Å². The van der Waals surface area contributed by atoms with Crippen molar-refractivity contribution in [1.82, 2.24) is 18.0 Å². The average Bonchev–Trinajstić information content (AvgIpc) is 3.19. The molecule has 158 valence electrons. The second-order valence-electron chi connectivity index (χ2n) is 8.03. The predicted molar refractivity (Wildman–Crippen MR) is 117 cm³/mol. The number of benzene rings is 1. The van der Waals surface area contributed by atoms with Crippen LogP contribution in [-0.4, -0.2) is 65.2 Å². The van der Waals surface area contributed by atoms with Gasteiger partial charge in [0.2, 0.25) is 5.13 Å². The minimum atomic E-state index is -3.37. The van der Waals surface area contributed by atoms with Gasteiger partial charge < -0.3 is 4.90 Å². The maximum absolute atomic E-state index is 13.0. The molecule has 0 bridgehead atoms. The van der Waals surface area contributed by atoms with E-state index in [1.807, 2.05) is 6.92 Å². The third kappa shape index (κ3) is 4.63. The second-order valence-corrected chi connectivity index (χ2v) is 10.6. The highest BCUT2D eigenvalue weighted by molar-refractivity contribution is 7.86. The van der Waals surface area contributed by atoms with Crippen molar-refractivity contribution < 1.29 is 8.42 Å². The molecule has 3 heterocycles. The summed E-state index contributed by atoms with van der Waals surface area (Å²) in [6.07, 6.45) is 3.76. The SMILES string of the molecule is Cc1ccc(Cc2nsc(N3CCN(S(=O)(=O)N4CCCCC4)C(C)C3)n2)cc1. The van der Waals surface area contributed by atoms with Crippen molar-refractivity contribution in [3.8, 4) is 0 Å². The summed E-state index contributed by atoms with van der Waals surface area (Å²) in [5.74, 6) is 0.824. The van der Waals surface area contributed by atoms with Crippen LogP contribution in [0.4, 0.5) is 5.13 Å². The van der Waals surface area contributed by atoms with Crippen LogP contribution in [0.5, 0.6) is 0 Å². The van der Waals surface area contributed by atoms with Gasteiger partial charge in [-0.25, -0.2) is 4.98 Å². The van der Waals surface area contributed by atoms with Gasteiger partial charge in [0.05, 0.1) is 0 Å². The van der Waals surface area contributed by atoms with Gasteiger partial charge in [-0.1, -0.05) is 36.2 Å². The normalized spacial score (nSPS) is 22.1. The predicted octanol–water partition coefficient (Wildman–Crippen LogP) is 2.68. The zero-order valence-corrected chi connectivity index (χ0v) is 18.8. The number of aryl methyl sites for hydroxylation is 1. The molecule has 1 atom stereocenters. The third-order valence-electron chi connectivity index (χ3n) is 5.71. The second kappa shape index (κ2) is 8.67. The Morgan fingerprint density at radius 2 is 1.79 bits per heavy atom. The minimum Gasteiger partial charge on any atom is -0.344 e. The van der Waals surface area contributed by atoms with E-state index in [1.54, 1.807) is 8.61 Å². The quantitative estimate of drug-likeness (QED) is 0.722. The lowest BCUT2D eigenvalue weighted by molar-refractivity contribution is 0.259. The summed E-state index contributed by atoms with van der Waals surface area (Å²) in [6, 6.07) is 8.35. The molecule has 1 unspecified atom stereocenters. The van der Waals surface area contributed by atoms with Gasteiger partial charge in [-0.05, 0) is 32.3 Å². The van der Waals surface area contributed by atoms with Crippen LogP contribution in [-0.2, 0) is 16.6 Å². The van der Waals surface area contributed by atoms with Crippen molar-refractivity contribution in [2.45, 2.75) is 45.6 Å². The Labute approximate surface area is 177 Å². The molecule has 1 aromatic carbocycles. The molecule has 0 spiro atoms. The summed E-state index contributed by atoms with van der Waals surface area (Å²) in [5, 5.41) is 0.883. The van der Waals surface area contributed by atoms with Crippen LogP contribution >= 0.6 is 11.5 Å². The maximum atomic E-state index is 13.0. The fourth-order valence-electron chi connectivity index (χ4n) is 4.03. The molecule has 4 rings (SSSR count). The van der Waals surface area contributed by atoms with Crippen LogP contribution in [0.3, 0.4) is 0 Å². The summed E-state index contributed by atoms with van der Waals surface area (Å²) >= 11 is 1.40. The topological polar surface area (TPSA) is 69.6 Å². The number of hydrogen-bond donors (Lipinski definition) is 0. The van der Waals surface area contributed by atoms with Gasteiger partial charge in [0.15, 0.2) is 0 Å². The third-order valence-corrected chi connectivity index (χ3v) is 8.68. The van der Waals surface area contributed by atoms with Crippen LogP contribution in [0.15, 0.2) is 24.3 Å². The monoisotopic (exact) mass is 435 g/mol. The molecule has 9 heteroatoms. The molecule has 0 N–H and O–H groups in total. The largest absolute Gasteiger partial charge is 0.344 e. The molecule has 2 aromatic rings. The van der Waals surface area contributed by atoms with Crippen molar-refractivity contribution in [3.05, 3.63) is 41.2 Å². The molecule has 0 aliphatic carbocycles. The molecule has 2 saturated heterocycles.